The van der Waals surface area contributed by atoms with Gasteiger partial charge in [0.1, 0.15) is 0 Å². The lowest BCUT2D eigenvalue weighted by Gasteiger charge is -2.23. The third-order valence-electron chi connectivity index (χ3n) is 3.42. The zero-order valence-electron chi connectivity index (χ0n) is 7.91. The van der Waals surface area contributed by atoms with Crippen LogP contribution in [-0.2, 0) is 4.79 Å². The molecule has 3 nitrogen and oxygen atoms in total. The number of aliphatic carboxylic acids is 1. The first-order valence-electron chi connectivity index (χ1n) is 5.26. The minimum Gasteiger partial charge on any atom is -0.481 e. The van der Waals surface area contributed by atoms with Gasteiger partial charge in [0.05, 0.1) is 5.92 Å². The number of carboxylic acids is 1. The molecule has 0 aromatic heterocycles. The molecule has 0 bridgehead atoms. The topological polar surface area (TPSA) is 40.5 Å². The minimum absolute atomic E-state index is 0.0851. The molecule has 3 heteroatoms. The van der Waals surface area contributed by atoms with E-state index in [-0.39, 0.29) is 5.92 Å². The number of fused-ring (bicyclic) bond motifs is 1. The largest absolute Gasteiger partial charge is 0.481 e. The Labute approximate surface area is 78.7 Å². The van der Waals surface area contributed by atoms with Crippen LogP contribution in [0.1, 0.15) is 32.1 Å². The van der Waals surface area contributed by atoms with Gasteiger partial charge in [0.15, 0.2) is 0 Å². The summed E-state index contributed by atoms with van der Waals surface area (Å²) in [5.41, 5.74) is 0. The molecule has 0 aromatic carbocycles. The van der Waals surface area contributed by atoms with Crippen molar-refractivity contribution in [2.75, 3.05) is 13.1 Å². The minimum atomic E-state index is -0.589. The molecule has 2 fully saturated rings. The first-order valence-corrected chi connectivity index (χ1v) is 5.26. The Hall–Kier alpha value is -0.570. The third kappa shape index (κ3) is 1.70. The van der Waals surface area contributed by atoms with Gasteiger partial charge in [-0.1, -0.05) is 12.8 Å². The van der Waals surface area contributed by atoms with Crippen molar-refractivity contribution in [1.29, 1.82) is 0 Å². The van der Waals surface area contributed by atoms with Crippen LogP contribution in [0.3, 0.4) is 0 Å². The average Bonchev–Trinajstić information content (AvgIpc) is 2.36. The molecule has 13 heavy (non-hydrogen) atoms. The summed E-state index contributed by atoms with van der Waals surface area (Å²) >= 11 is 0. The Balaban J connectivity index is 2.06. The van der Waals surface area contributed by atoms with Crippen LogP contribution in [0.25, 0.3) is 0 Å². The van der Waals surface area contributed by atoms with Crippen molar-refractivity contribution in [3.8, 4) is 0 Å². The first kappa shape index (κ1) is 9.00. The SMILES string of the molecule is O=C(O)C1CCN2CCCCC[C@H]12. The standard InChI is InChI=1S/C10H17NO2/c12-10(13)8-5-7-11-6-3-1-2-4-9(8)11/h8-9H,1-7H2,(H,12,13)/t8?,9-/m1/s1. The summed E-state index contributed by atoms with van der Waals surface area (Å²) in [6, 6.07) is 0.347. The molecule has 2 aliphatic rings. The van der Waals surface area contributed by atoms with Crippen molar-refractivity contribution in [3.63, 3.8) is 0 Å². The number of hydrogen-bond donors (Lipinski definition) is 1. The van der Waals surface area contributed by atoms with Gasteiger partial charge in [-0.3, -0.25) is 9.69 Å². The second-order valence-electron chi connectivity index (χ2n) is 4.19. The third-order valence-corrected chi connectivity index (χ3v) is 3.42. The van der Waals surface area contributed by atoms with Crippen LogP contribution in [-0.4, -0.2) is 35.1 Å². The number of hydrogen-bond acceptors (Lipinski definition) is 2. The Morgan fingerprint density at radius 3 is 2.77 bits per heavy atom. The average molecular weight is 183 g/mol. The summed E-state index contributed by atoms with van der Waals surface area (Å²) in [4.78, 5) is 13.3. The lowest BCUT2D eigenvalue weighted by Crippen LogP contribution is -2.34. The van der Waals surface area contributed by atoms with Gasteiger partial charge in [-0.2, -0.15) is 0 Å². The summed E-state index contributed by atoms with van der Waals surface area (Å²) in [6.45, 7) is 2.12. The second-order valence-corrected chi connectivity index (χ2v) is 4.19. The van der Waals surface area contributed by atoms with Crippen LogP contribution in [0.15, 0.2) is 0 Å². The lowest BCUT2D eigenvalue weighted by atomic mass is 9.96. The fraction of sp³-hybridized carbons (Fsp3) is 0.900. The molecule has 1 N–H and O–H groups in total. The molecule has 74 valence electrons. The molecule has 0 amide bonds. The summed E-state index contributed by atoms with van der Waals surface area (Å²) in [5, 5.41) is 9.02. The number of carbonyl (C=O) groups is 1. The van der Waals surface area contributed by atoms with E-state index in [0.717, 1.165) is 25.9 Å². The highest BCUT2D eigenvalue weighted by Gasteiger charge is 2.38. The molecule has 0 aromatic rings. The van der Waals surface area contributed by atoms with E-state index in [1.165, 1.54) is 19.3 Å². The maximum atomic E-state index is 10.9. The predicted octanol–water partition coefficient (Wildman–Crippen LogP) is 1.34. The molecule has 2 saturated heterocycles. The number of rotatable bonds is 1. The molecule has 2 heterocycles. The molecule has 1 unspecified atom stereocenters. The van der Waals surface area contributed by atoms with Gasteiger partial charge < -0.3 is 5.11 Å². The Kier molecular flexibility index (Phi) is 2.54. The maximum absolute atomic E-state index is 10.9. The summed E-state index contributed by atoms with van der Waals surface area (Å²) < 4.78 is 0. The fourth-order valence-electron chi connectivity index (χ4n) is 2.71. The smallest absolute Gasteiger partial charge is 0.308 e. The van der Waals surface area contributed by atoms with Crippen LogP contribution in [0.4, 0.5) is 0 Å². The molecule has 0 saturated carbocycles. The first-order chi connectivity index (χ1) is 6.29. The van der Waals surface area contributed by atoms with Gasteiger partial charge >= 0.3 is 5.97 Å². The molecule has 2 aliphatic heterocycles. The predicted molar refractivity (Wildman–Crippen MR) is 49.6 cm³/mol. The highest BCUT2D eigenvalue weighted by molar-refractivity contribution is 5.71. The van der Waals surface area contributed by atoms with E-state index in [1.54, 1.807) is 0 Å². The highest BCUT2D eigenvalue weighted by atomic mass is 16.4. The molecule has 2 rings (SSSR count). The zero-order chi connectivity index (χ0) is 9.26. The number of nitrogens with zero attached hydrogens (tertiary/aromatic N) is 1. The Morgan fingerprint density at radius 2 is 2.00 bits per heavy atom. The van der Waals surface area contributed by atoms with Crippen molar-refractivity contribution < 1.29 is 9.90 Å². The van der Waals surface area contributed by atoms with E-state index < -0.39 is 5.97 Å². The van der Waals surface area contributed by atoms with Crippen molar-refractivity contribution in [2.24, 2.45) is 5.92 Å². The second kappa shape index (κ2) is 3.66. The van der Waals surface area contributed by atoms with Gasteiger partial charge in [-0.05, 0) is 32.4 Å². The monoisotopic (exact) mass is 183 g/mol. The van der Waals surface area contributed by atoms with Gasteiger partial charge in [-0.15, -0.1) is 0 Å². The van der Waals surface area contributed by atoms with E-state index in [9.17, 15) is 4.79 Å². The van der Waals surface area contributed by atoms with Crippen LogP contribution in [0.5, 0.6) is 0 Å². The molecule has 0 aliphatic carbocycles. The van der Waals surface area contributed by atoms with Crippen molar-refractivity contribution >= 4 is 5.97 Å². The van der Waals surface area contributed by atoms with Gasteiger partial charge in [0.25, 0.3) is 0 Å². The van der Waals surface area contributed by atoms with Crippen LogP contribution in [0.2, 0.25) is 0 Å². The molecular formula is C10H17NO2. The van der Waals surface area contributed by atoms with Crippen LogP contribution in [0, 0.1) is 5.92 Å². The zero-order valence-corrected chi connectivity index (χ0v) is 7.91. The quantitative estimate of drug-likeness (QED) is 0.666. The van der Waals surface area contributed by atoms with Gasteiger partial charge in [0.2, 0.25) is 0 Å². The molecule has 2 atom stereocenters. The molecular weight excluding hydrogens is 166 g/mol. The number of carboxylic acid groups (broad SMARTS) is 1. The van der Waals surface area contributed by atoms with Crippen LogP contribution >= 0.6 is 0 Å². The van der Waals surface area contributed by atoms with E-state index >= 15 is 0 Å². The van der Waals surface area contributed by atoms with E-state index in [4.69, 9.17) is 5.11 Å². The Morgan fingerprint density at radius 1 is 1.15 bits per heavy atom. The van der Waals surface area contributed by atoms with E-state index in [1.807, 2.05) is 0 Å². The molecule has 0 spiro atoms. The Bertz CT molecular complexity index is 205. The fourth-order valence-corrected chi connectivity index (χ4v) is 2.71. The highest BCUT2D eigenvalue weighted by Crippen LogP contribution is 2.30. The summed E-state index contributed by atoms with van der Waals surface area (Å²) in [5.74, 6) is -0.674. The maximum Gasteiger partial charge on any atom is 0.308 e. The van der Waals surface area contributed by atoms with Crippen molar-refractivity contribution in [3.05, 3.63) is 0 Å². The van der Waals surface area contributed by atoms with E-state index in [2.05, 4.69) is 4.90 Å². The lowest BCUT2D eigenvalue weighted by molar-refractivity contribution is -0.142. The summed E-state index contributed by atoms with van der Waals surface area (Å²) in [6.07, 6.45) is 5.70. The van der Waals surface area contributed by atoms with Gasteiger partial charge in [-0.25, -0.2) is 0 Å². The summed E-state index contributed by atoms with van der Waals surface area (Å²) in [7, 11) is 0. The van der Waals surface area contributed by atoms with Crippen molar-refractivity contribution in [2.45, 2.75) is 38.1 Å². The normalized spacial score (nSPS) is 35.4. The molecule has 0 radical (unpaired) electrons. The van der Waals surface area contributed by atoms with Crippen molar-refractivity contribution in [1.82, 2.24) is 4.90 Å². The van der Waals surface area contributed by atoms with Crippen LogP contribution < -0.4 is 0 Å². The van der Waals surface area contributed by atoms with Gasteiger partial charge in [0, 0.05) is 6.04 Å². The van der Waals surface area contributed by atoms with E-state index in [0.29, 0.717) is 6.04 Å².